The predicted octanol–water partition coefficient (Wildman–Crippen LogP) is 4.41. The number of hydrogen-bond acceptors (Lipinski definition) is 5. The van der Waals surface area contributed by atoms with Crippen molar-refractivity contribution in [3.8, 4) is 0 Å². The summed E-state index contributed by atoms with van der Waals surface area (Å²) in [5.41, 5.74) is 0.498. The van der Waals surface area contributed by atoms with Crippen LogP contribution in [-0.2, 0) is 14.8 Å². The molecule has 0 bridgehead atoms. The quantitative estimate of drug-likeness (QED) is 0.668. The number of carbonyl (C=O) groups excluding carboxylic acids is 1. The molecule has 10 heteroatoms. The molecule has 152 valence electrons. The summed E-state index contributed by atoms with van der Waals surface area (Å²) in [7, 11) is -3.60. The van der Waals surface area contributed by atoms with E-state index >= 15 is 0 Å². The third kappa shape index (κ3) is 5.11. The number of sulfonamides is 1. The van der Waals surface area contributed by atoms with Crippen LogP contribution in [0, 0.1) is 12.8 Å². The van der Waals surface area contributed by atoms with E-state index in [4.69, 9.17) is 0 Å². The number of halogens is 2. The van der Waals surface area contributed by atoms with Gasteiger partial charge >= 0.3 is 0 Å². The van der Waals surface area contributed by atoms with Crippen LogP contribution in [-0.4, -0.2) is 37.5 Å². The SMILES string of the molecule is Cc1ccc(S(=O)(=O)N2CCCC(C(=O)Nc3ccc(SC(F)F)cc3)C2)s1. The van der Waals surface area contributed by atoms with E-state index in [1.165, 1.54) is 27.8 Å². The molecule has 1 saturated heterocycles. The normalized spacial score (nSPS) is 18.4. The Balaban J connectivity index is 1.64. The number of nitrogens with zero attached hydrogens (tertiary/aromatic N) is 1. The molecule has 1 aliphatic rings. The molecule has 1 fully saturated rings. The van der Waals surface area contributed by atoms with Crippen molar-refractivity contribution in [3.05, 3.63) is 41.3 Å². The first-order chi connectivity index (χ1) is 13.3. The number of alkyl halides is 2. The molecule has 1 unspecified atom stereocenters. The standard InChI is InChI=1S/C18H20F2N2O3S3/c1-12-4-9-16(26-12)28(24,25)22-10-2-3-13(11-22)17(23)21-14-5-7-15(8-6-14)27-18(19)20/h4-9,13,18H,2-3,10-11H2,1H3,(H,21,23). The van der Waals surface area contributed by atoms with E-state index < -0.39 is 21.7 Å². The average Bonchev–Trinajstić information content (AvgIpc) is 3.10. The number of rotatable bonds is 6. The zero-order valence-electron chi connectivity index (χ0n) is 15.1. The van der Waals surface area contributed by atoms with Gasteiger partial charge in [-0.05, 0) is 56.2 Å². The first-order valence-corrected chi connectivity index (χ1v) is 11.8. The molecule has 0 aliphatic carbocycles. The number of hydrogen-bond donors (Lipinski definition) is 1. The molecule has 1 aliphatic heterocycles. The summed E-state index contributed by atoms with van der Waals surface area (Å²) in [6.07, 6.45) is 1.20. The highest BCUT2D eigenvalue weighted by Crippen LogP contribution is 2.29. The van der Waals surface area contributed by atoms with Crippen LogP contribution in [0.15, 0.2) is 45.5 Å². The number of thioether (sulfide) groups is 1. The molecule has 3 rings (SSSR count). The van der Waals surface area contributed by atoms with E-state index in [1.807, 2.05) is 6.92 Å². The molecule has 0 radical (unpaired) electrons. The Morgan fingerprint density at radius 1 is 1.25 bits per heavy atom. The second-order valence-corrected chi connectivity index (χ2v) is 11.0. The third-order valence-corrected chi connectivity index (χ3v) is 8.47. The number of aryl methyl sites for hydroxylation is 1. The fourth-order valence-electron chi connectivity index (χ4n) is 3.02. The minimum absolute atomic E-state index is 0.129. The van der Waals surface area contributed by atoms with Crippen molar-refractivity contribution in [1.82, 2.24) is 4.31 Å². The fraction of sp³-hybridized carbons (Fsp3) is 0.389. The number of amides is 1. The van der Waals surface area contributed by atoms with E-state index in [1.54, 1.807) is 24.3 Å². The topological polar surface area (TPSA) is 66.5 Å². The number of thiophene rings is 1. The van der Waals surface area contributed by atoms with Crippen LogP contribution in [0.5, 0.6) is 0 Å². The lowest BCUT2D eigenvalue weighted by atomic mass is 9.99. The molecule has 28 heavy (non-hydrogen) atoms. The minimum atomic E-state index is -3.60. The van der Waals surface area contributed by atoms with Crippen LogP contribution >= 0.6 is 23.1 Å². The fourth-order valence-corrected chi connectivity index (χ4v) is 6.48. The lowest BCUT2D eigenvalue weighted by Gasteiger charge is -2.30. The molecule has 2 aromatic rings. The van der Waals surface area contributed by atoms with Crippen LogP contribution in [0.3, 0.4) is 0 Å². The molecule has 1 amide bonds. The molecule has 1 aromatic carbocycles. The average molecular weight is 447 g/mol. The summed E-state index contributed by atoms with van der Waals surface area (Å²) in [6, 6.07) is 9.52. The van der Waals surface area contributed by atoms with Crippen molar-refractivity contribution in [1.29, 1.82) is 0 Å². The van der Waals surface area contributed by atoms with Gasteiger partial charge in [0.15, 0.2) is 0 Å². The van der Waals surface area contributed by atoms with Crippen molar-refractivity contribution in [3.63, 3.8) is 0 Å². The summed E-state index contributed by atoms with van der Waals surface area (Å²) in [4.78, 5) is 13.9. The van der Waals surface area contributed by atoms with Gasteiger partial charge < -0.3 is 5.32 Å². The summed E-state index contributed by atoms with van der Waals surface area (Å²) in [5.74, 6) is -3.22. The summed E-state index contributed by atoms with van der Waals surface area (Å²) in [6.45, 7) is 2.37. The smallest absolute Gasteiger partial charge is 0.288 e. The maximum Gasteiger partial charge on any atom is 0.288 e. The van der Waals surface area contributed by atoms with E-state index in [0.717, 1.165) is 4.88 Å². The highest BCUT2D eigenvalue weighted by molar-refractivity contribution is 7.99. The Morgan fingerprint density at radius 2 is 1.96 bits per heavy atom. The molecule has 1 N–H and O–H groups in total. The van der Waals surface area contributed by atoms with Gasteiger partial charge in [0.2, 0.25) is 5.91 Å². The van der Waals surface area contributed by atoms with E-state index in [-0.39, 0.29) is 16.7 Å². The Labute approximate surface area is 171 Å². The maximum atomic E-state index is 12.8. The number of anilines is 1. The highest BCUT2D eigenvalue weighted by atomic mass is 32.2. The van der Waals surface area contributed by atoms with Gasteiger partial charge in [0.25, 0.3) is 15.8 Å². The van der Waals surface area contributed by atoms with Crippen LogP contribution in [0.1, 0.15) is 17.7 Å². The first kappa shape index (κ1) is 21.2. The molecular weight excluding hydrogens is 426 g/mol. The third-order valence-electron chi connectivity index (χ3n) is 4.41. The van der Waals surface area contributed by atoms with Gasteiger partial charge in [-0.2, -0.15) is 13.1 Å². The zero-order chi connectivity index (χ0) is 20.3. The molecule has 0 spiro atoms. The van der Waals surface area contributed by atoms with Gasteiger partial charge in [-0.3, -0.25) is 4.79 Å². The lowest BCUT2D eigenvalue weighted by molar-refractivity contribution is -0.120. The van der Waals surface area contributed by atoms with Crippen LogP contribution in [0.4, 0.5) is 14.5 Å². The molecule has 1 atom stereocenters. The molecule has 2 heterocycles. The molecular formula is C18H20F2N2O3S3. The van der Waals surface area contributed by atoms with Crippen LogP contribution in [0.2, 0.25) is 0 Å². The Morgan fingerprint density at radius 3 is 2.57 bits per heavy atom. The molecule has 5 nitrogen and oxygen atoms in total. The Hall–Kier alpha value is -1.49. The minimum Gasteiger partial charge on any atom is -0.326 e. The first-order valence-electron chi connectivity index (χ1n) is 8.68. The number of carbonyl (C=O) groups is 1. The Kier molecular flexibility index (Phi) is 6.74. The van der Waals surface area contributed by atoms with Crippen molar-refractivity contribution in [2.45, 2.75) is 34.6 Å². The lowest BCUT2D eigenvalue weighted by Crippen LogP contribution is -2.43. The molecule has 1 aromatic heterocycles. The van der Waals surface area contributed by atoms with Crippen molar-refractivity contribution in [2.24, 2.45) is 5.92 Å². The van der Waals surface area contributed by atoms with Gasteiger partial charge in [-0.1, -0.05) is 11.8 Å². The van der Waals surface area contributed by atoms with Crippen LogP contribution < -0.4 is 5.32 Å². The van der Waals surface area contributed by atoms with E-state index in [0.29, 0.717) is 41.7 Å². The van der Waals surface area contributed by atoms with Gasteiger partial charge in [-0.25, -0.2) is 8.42 Å². The zero-order valence-corrected chi connectivity index (χ0v) is 17.5. The predicted molar refractivity (Wildman–Crippen MR) is 107 cm³/mol. The van der Waals surface area contributed by atoms with E-state index in [2.05, 4.69) is 5.32 Å². The molecule has 0 saturated carbocycles. The van der Waals surface area contributed by atoms with Gasteiger partial charge in [0, 0.05) is 28.5 Å². The van der Waals surface area contributed by atoms with Crippen molar-refractivity contribution in [2.75, 3.05) is 18.4 Å². The van der Waals surface area contributed by atoms with E-state index in [9.17, 15) is 22.0 Å². The van der Waals surface area contributed by atoms with Gasteiger partial charge in [-0.15, -0.1) is 11.3 Å². The largest absolute Gasteiger partial charge is 0.326 e. The number of nitrogens with one attached hydrogen (secondary N) is 1. The number of benzene rings is 1. The highest BCUT2D eigenvalue weighted by Gasteiger charge is 2.34. The second-order valence-electron chi connectivity index (χ2n) is 6.46. The Bertz CT molecular complexity index is 930. The van der Waals surface area contributed by atoms with Crippen molar-refractivity contribution >= 4 is 44.7 Å². The van der Waals surface area contributed by atoms with Gasteiger partial charge in [0.1, 0.15) is 4.21 Å². The van der Waals surface area contributed by atoms with Crippen LogP contribution in [0.25, 0.3) is 0 Å². The summed E-state index contributed by atoms with van der Waals surface area (Å²) in [5, 5.41) is 2.75. The number of piperidine rings is 1. The monoisotopic (exact) mass is 446 g/mol. The summed E-state index contributed by atoms with van der Waals surface area (Å²) >= 11 is 1.66. The van der Waals surface area contributed by atoms with Crippen molar-refractivity contribution < 1.29 is 22.0 Å². The summed E-state index contributed by atoms with van der Waals surface area (Å²) < 4.78 is 52.0. The maximum absolute atomic E-state index is 12.8. The van der Waals surface area contributed by atoms with Gasteiger partial charge in [0.05, 0.1) is 5.92 Å². The second kappa shape index (κ2) is 8.89.